The first-order chi connectivity index (χ1) is 14.1. The number of nitrogens with one attached hydrogen (secondary N) is 4. The number of fused-ring (bicyclic) bond motifs is 3. The number of benzene rings is 1. The average Bonchev–Trinajstić information content (AvgIpc) is 3.29. The van der Waals surface area contributed by atoms with E-state index in [9.17, 15) is 4.79 Å². The molecule has 10 nitrogen and oxygen atoms in total. The van der Waals surface area contributed by atoms with Crippen molar-refractivity contribution in [2.75, 3.05) is 25.0 Å². The lowest BCUT2D eigenvalue weighted by Crippen LogP contribution is -2.51. The van der Waals surface area contributed by atoms with Crippen LogP contribution in [0.4, 0.5) is 5.69 Å². The van der Waals surface area contributed by atoms with E-state index in [1.807, 2.05) is 30.1 Å². The first-order valence-corrected chi connectivity index (χ1v) is 9.67. The van der Waals surface area contributed by atoms with Gasteiger partial charge >= 0.3 is 0 Å². The van der Waals surface area contributed by atoms with Gasteiger partial charge in [0, 0.05) is 38.4 Å². The van der Waals surface area contributed by atoms with Crippen molar-refractivity contribution >= 4 is 11.6 Å². The molecule has 5 rings (SSSR count). The van der Waals surface area contributed by atoms with E-state index < -0.39 is 6.29 Å². The van der Waals surface area contributed by atoms with Gasteiger partial charge in [-0.25, -0.2) is 9.67 Å². The van der Waals surface area contributed by atoms with Crippen LogP contribution in [0.25, 0.3) is 22.8 Å². The van der Waals surface area contributed by atoms with E-state index in [0.717, 1.165) is 34.7 Å². The molecule has 1 aromatic carbocycles. The molecule has 1 amide bonds. The van der Waals surface area contributed by atoms with Crippen LogP contribution >= 0.6 is 0 Å². The van der Waals surface area contributed by atoms with E-state index in [1.54, 1.807) is 10.9 Å². The third kappa shape index (κ3) is 3.15. The van der Waals surface area contributed by atoms with Gasteiger partial charge in [-0.15, -0.1) is 5.10 Å². The SMILES string of the molecule is Cc1cccc2c1NC(N[C@@H]1CNCCNC1=O)n1nc(-c3cnn(C)c3)nc1-2. The molecule has 2 aliphatic rings. The Morgan fingerprint density at radius 2 is 2.17 bits per heavy atom. The third-order valence-electron chi connectivity index (χ3n) is 5.26. The van der Waals surface area contributed by atoms with Crippen LogP contribution in [0.2, 0.25) is 0 Å². The van der Waals surface area contributed by atoms with Crippen LogP contribution in [-0.2, 0) is 11.8 Å². The zero-order valence-corrected chi connectivity index (χ0v) is 16.3. The molecule has 1 saturated heterocycles. The molecular weight excluding hydrogens is 370 g/mol. The van der Waals surface area contributed by atoms with E-state index >= 15 is 0 Å². The molecule has 2 aliphatic heterocycles. The molecule has 10 heteroatoms. The van der Waals surface area contributed by atoms with E-state index in [0.29, 0.717) is 18.9 Å². The Morgan fingerprint density at radius 1 is 1.28 bits per heavy atom. The largest absolute Gasteiger partial charge is 0.353 e. The van der Waals surface area contributed by atoms with Gasteiger partial charge in [0.2, 0.25) is 5.91 Å². The minimum absolute atomic E-state index is 0.0264. The van der Waals surface area contributed by atoms with Crippen molar-refractivity contribution < 1.29 is 4.79 Å². The zero-order valence-electron chi connectivity index (χ0n) is 16.3. The first-order valence-electron chi connectivity index (χ1n) is 9.67. The molecule has 0 bridgehead atoms. The van der Waals surface area contributed by atoms with Gasteiger partial charge in [-0.05, 0) is 18.6 Å². The molecule has 4 heterocycles. The second-order valence-electron chi connectivity index (χ2n) is 7.37. The molecule has 150 valence electrons. The third-order valence-corrected chi connectivity index (χ3v) is 5.26. The number of carbonyl (C=O) groups is 1. The standard InChI is InChI=1S/C19H23N9O/c1-11-4-3-5-13-15(11)24-19(23-14-9-20-6-7-21-18(14)29)28-17(13)25-16(26-28)12-8-22-27(2)10-12/h3-5,8,10,14,19-20,23-24H,6-7,9H2,1-2H3,(H,21,29)/t14-,19?/m1/s1. The number of nitrogens with zero attached hydrogens (tertiary/aromatic N) is 5. The predicted octanol–water partition coefficient (Wildman–Crippen LogP) is 0.213. The lowest BCUT2D eigenvalue weighted by Gasteiger charge is -2.31. The number of carbonyl (C=O) groups excluding carboxylic acids is 1. The number of para-hydroxylation sites is 1. The van der Waals surface area contributed by atoms with Gasteiger partial charge in [0.05, 0.1) is 17.4 Å². The first kappa shape index (κ1) is 17.8. The van der Waals surface area contributed by atoms with Crippen LogP contribution in [-0.4, -0.2) is 56.1 Å². The van der Waals surface area contributed by atoms with Crippen molar-refractivity contribution in [2.45, 2.75) is 19.3 Å². The van der Waals surface area contributed by atoms with Crippen molar-refractivity contribution in [3.05, 3.63) is 36.2 Å². The summed E-state index contributed by atoms with van der Waals surface area (Å²) >= 11 is 0. The summed E-state index contributed by atoms with van der Waals surface area (Å²) in [6.45, 7) is 3.97. The summed E-state index contributed by atoms with van der Waals surface area (Å²) in [5.74, 6) is 1.32. The number of aryl methyl sites for hydroxylation is 2. The van der Waals surface area contributed by atoms with Gasteiger partial charge in [-0.1, -0.05) is 12.1 Å². The van der Waals surface area contributed by atoms with Crippen LogP contribution in [0.15, 0.2) is 30.6 Å². The summed E-state index contributed by atoms with van der Waals surface area (Å²) in [4.78, 5) is 17.2. The van der Waals surface area contributed by atoms with Gasteiger partial charge in [0.15, 0.2) is 17.9 Å². The second-order valence-corrected chi connectivity index (χ2v) is 7.37. The highest BCUT2D eigenvalue weighted by molar-refractivity contribution is 5.83. The molecule has 2 atom stereocenters. The molecule has 3 aromatic rings. The second kappa shape index (κ2) is 6.98. The van der Waals surface area contributed by atoms with E-state index in [2.05, 4.69) is 39.4 Å². The molecule has 0 saturated carbocycles. The number of anilines is 1. The van der Waals surface area contributed by atoms with Crippen LogP contribution in [0, 0.1) is 6.92 Å². The lowest BCUT2D eigenvalue weighted by molar-refractivity contribution is -0.122. The van der Waals surface area contributed by atoms with Crippen LogP contribution in [0.3, 0.4) is 0 Å². The van der Waals surface area contributed by atoms with Crippen molar-refractivity contribution in [1.82, 2.24) is 40.5 Å². The highest BCUT2D eigenvalue weighted by atomic mass is 16.2. The maximum atomic E-state index is 12.4. The molecule has 1 unspecified atom stereocenters. The Morgan fingerprint density at radius 3 is 3.00 bits per heavy atom. The fraction of sp³-hybridized carbons (Fsp3) is 0.368. The Kier molecular flexibility index (Phi) is 4.29. The monoisotopic (exact) mass is 393 g/mol. The van der Waals surface area contributed by atoms with Crippen LogP contribution < -0.4 is 21.3 Å². The highest BCUT2D eigenvalue weighted by Gasteiger charge is 2.32. The molecule has 0 spiro atoms. The maximum Gasteiger partial charge on any atom is 0.238 e. The Bertz CT molecular complexity index is 1070. The fourth-order valence-corrected chi connectivity index (χ4v) is 3.76. The Balaban J connectivity index is 1.56. The van der Waals surface area contributed by atoms with Crippen LogP contribution in [0.5, 0.6) is 0 Å². The fourth-order valence-electron chi connectivity index (χ4n) is 3.76. The minimum Gasteiger partial charge on any atom is -0.353 e. The zero-order chi connectivity index (χ0) is 20.0. The number of amides is 1. The predicted molar refractivity (Wildman–Crippen MR) is 108 cm³/mol. The van der Waals surface area contributed by atoms with Crippen molar-refractivity contribution in [3.63, 3.8) is 0 Å². The molecule has 4 N–H and O–H groups in total. The van der Waals surface area contributed by atoms with Gasteiger partial charge in [0.25, 0.3) is 0 Å². The highest BCUT2D eigenvalue weighted by Crippen LogP contribution is 2.37. The number of aromatic nitrogens is 5. The van der Waals surface area contributed by atoms with Crippen molar-refractivity contribution in [3.8, 4) is 22.8 Å². The molecular formula is C19H23N9O. The molecule has 1 fully saturated rings. The Hall–Kier alpha value is -3.24. The maximum absolute atomic E-state index is 12.4. The van der Waals surface area contributed by atoms with Gasteiger partial charge < -0.3 is 16.0 Å². The normalized spacial score (nSPS) is 21.0. The number of rotatable bonds is 3. The van der Waals surface area contributed by atoms with Crippen molar-refractivity contribution in [1.29, 1.82) is 0 Å². The van der Waals surface area contributed by atoms with E-state index in [4.69, 9.17) is 10.1 Å². The summed E-state index contributed by atoms with van der Waals surface area (Å²) in [5.41, 5.74) is 3.92. The summed E-state index contributed by atoms with van der Waals surface area (Å²) in [5, 5.41) is 22.1. The quantitative estimate of drug-likeness (QED) is 0.503. The van der Waals surface area contributed by atoms with Gasteiger partial charge in [-0.2, -0.15) is 5.10 Å². The summed E-state index contributed by atoms with van der Waals surface area (Å²) in [6.07, 6.45) is 3.22. The summed E-state index contributed by atoms with van der Waals surface area (Å²) in [6, 6.07) is 5.70. The number of hydrogen-bond acceptors (Lipinski definition) is 7. The van der Waals surface area contributed by atoms with Crippen LogP contribution in [0.1, 0.15) is 11.9 Å². The minimum atomic E-state index is -0.410. The van der Waals surface area contributed by atoms with Crippen molar-refractivity contribution in [2.24, 2.45) is 7.05 Å². The average molecular weight is 393 g/mol. The van der Waals surface area contributed by atoms with Gasteiger partial charge in [0.1, 0.15) is 6.04 Å². The summed E-state index contributed by atoms with van der Waals surface area (Å²) in [7, 11) is 1.86. The number of hydrogen-bond donors (Lipinski definition) is 4. The van der Waals surface area contributed by atoms with E-state index in [-0.39, 0.29) is 11.9 Å². The Labute approximate surface area is 167 Å². The molecule has 2 aromatic heterocycles. The lowest BCUT2D eigenvalue weighted by atomic mass is 10.1. The van der Waals surface area contributed by atoms with Gasteiger partial charge in [-0.3, -0.25) is 14.8 Å². The molecule has 29 heavy (non-hydrogen) atoms. The molecule has 0 aliphatic carbocycles. The van der Waals surface area contributed by atoms with E-state index in [1.165, 1.54) is 0 Å². The summed E-state index contributed by atoms with van der Waals surface area (Å²) < 4.78 is 3.53. The topological polar surface area (TPSA) is 114 Å². The molecule has 0 radical (unpaired) electrons. The smallest absolute Gasteiger partial charge is 0.238 e.